The summed E-state index contributed by atoms with van der Waals surface area (Å²) in [4.78, 5) is 5.16. The molecule has 0 aliphatic heterocycles. The van der Waals surface area contributed by atoms with Gasteiger partial charge in [-0.2, -0.15) is 4.40 Å². The molecule has 216 valence electrons. The second-order valence-corrected chi connectivity index (χ2v) is 12.7. The van der Waals surface area contributed by atoms with Gasteiger partial charge in [0.15, 0.2) is 0 Å². The number of benzene rings is 2. The molecule has 3 nitrogen and oxygen atoms in total. The molecule has 0 amide bonds. The van der Waals surface area contributed by atoms with Crippen LogP contribution in [0.5, 0.6) is 0 Å². The van der Waals surface area contributed by atoms with Gasteiger partial charge in [-0.3, -0.25) is 0 Å². The Morgan fingerprint density at radius 3 is 1.68 bits per heavy atom. The average molecular weight is 622 g/mol. The fourth-order valence-electron chi connectivity index (χ4n) is 4.22. The van der Waals surface area contributed by atoms with Gasteiger partial charge in [-0.15, -0.1) is 23.2 Å². The molecule has 0 aliphatic rings. The van der Waals surface area contributed by atoms with Gasteiger partial charge < -0.3 is 0 Å². The second kappa shape index (κ2) is 10.8. The number of hydrogen-bond donors (Lipinski definition) is 0. The molecule has 0 fully saturated rings. The maximum absolute atomic E-state index is 10.7. The second-order valence-electron chi connectivity index (χ2n) is 9.96. The molecule has 12 heteroatoms. The van der Waals surface area contributed by atoms with Crippen LogP contribution in [0.2, 0.25) is 0 Å². The number of fused-ring (bicyclic) bond motifs is 3. The number of aromatic nitrogens is 3. The molecule has 0 saturated carbocycles. The van der Waals surface area contributed by atoms with Crippen LogP contribution in [0.4, 0.5) is 25.2 Å². The van der Waals surface area contributed by atoms with Crippen LogP contribution in [0.1, 0.15) is 26.5 Å². The molecule has 5 aromatic rings. The van der Waals surface area contributed by atoms with E-state index in [2.05, 4.69) is 122 Å². The van der Waals surface area contributed by atoms with Gasteiger partial charge >= 0.3 is 33.0 Å². The Morgan fingerprint density at radius 2 is 1.23 bits per heavy atom. The zero-order valence-electron chi connectivity index (χ0n) is 22.1. The van der Waals surface area contributed by atoms with Gasteiger partial charge in [0.05, 0.1) is 29.0 Å². The molecular weight excluding hydrogens is 594 g/mol. The first kappa shape index (κ1) is 31.7. The van der Waals surface area contributed by atoms with E-state index in [-0.39, 0.29) is 10.8 Å². The van der Waals surface area contributed by atoms with E-state index in [1.54, 1.807) is 0 Å². The number of alkyl halides is 2. The number of halogens is 8. The number of hydrogen-bond acceptors (Lipinski definition) is 1. The molecule has 0 aliphatic carbocycles. The summed E-state index contributed by atoms with van der Waals surface area (Å²) in [6.45, 7) is 6.64. The summed E-state index contributed by atoms with van der Waals surface area (Å²) in [5, 5.41) is 1.36. The molecule has 5 rings (SSSR count). The van der Waals surface area contributed by atoms with Crippen molar-refractivity contribution in [2.75, 3.05) is 5.34 Å². The molecule has 0 unspecified atom stereocenters. The van der Waals surface area contributed by atoms with E-state index in [0.29, 0.717) is 0 Å². The molecule has 40 heavy (non-hydrogen) atoms. The third-order valence-electron chi connectivity index (χ3n) is 5.74. The van der Waals surface area contributed by atoms with Crippen molar-refractivity contribution in [3.05, 3.63) is 90.9 Å². The molecule has 3 heterocycles. The third kappa shape index (κ3) is 8.56. The molecule has 0 bridgehead atoms. The van der Waals surface area contributed by atoms with E-state index in [1.165, 1.54) is 22.3 Å². The Hall–Kier alpha value is -2.87. The Bertz CT molecular complexity index is 1610. The Labute approximate surface area is 238 Å². The van der Waals surface area contributed by atoms with E-state index in [0.717, 1.165) is 22.4 Å². The van der Waals surface area contributed by atoms with Crippen LogP contribution < -0.4 is 4.57 Å². The number of nitrogens with zero attached hydrogens (tertiary/aromatic N) is 3. The van der Waals surface area contributed by atoms with Gasteiger partial charge in [-0.05, 0) is 23.3 Å². The summed E-state index contributed by atoms with van der Waals surface area (Å²) in [5.41, 5.74) is 8.09. The minimum absolute atomic E-state index is 0.0130. The van der Waals surface area contributed by atoms with E-state index < -0.39 is 7.81 Å². The predicted molar refractivity (Wildman–Crippen MR) is 154 cm³/mol. The van der Waals surface area contributed by atoms with E-state index in [9.17, 15) is 25.2 Å². The van der Waals surface area contributed by atoms with Crippen molar-refractivity contribution in [3.63, 3.8) is 0 Å². The van der Waals surface area contributed by atoms with Crippen LogP contribution in [0.25, 0.3) is 38.9 Å². The van der Waals surface area contributed by atoms with Crippen LogP contribution in [0.3, 0.4) is 0 Å². The van der Waals surface area contributed by atoms with Crippen molar-refractivity contribution in [2.45, 2.75) is 26.2 Å². The van der Waals surface area contributed by atoms with Crippen molar-refractivity contribution in [3.8, 4) is 22.3 Å². The SMILES string of the molecule is C[n+]1ccn2c3nc(C(C)(C)C)ccc3c(-c3ccccc3)c(-c3ccccc3)c21.ClCCl.F[P-](F)(F)(F)(F)F. The van der Waals surface area contributed by atoms with E-state index in [1.807, 2.05) is 0 Å². The normalized spacial score (nSPS) is 13.5. The summed E-state index contributed by atoms with van der Waals surface area (Å²) in [5.74, 6) is 0. The van der Waals surface area contributed by atoms with E-state index >= 15 is 0 Å². The molecule has 0 radical (unpaired) electrons. The van der Waals surface area contributed by atoms with Crippen molar-refractivity contribution in [1.29, 1.82) is 0 Å². The molecule has 0 N–H and O–H groups in total. The molecule has 2 aromatic carbocycles. The van der Waals surface area contributed by atoms with Gasteiger partial charge in [0.2, 0.25) is 5.65 Å². The number of imidazole rings is 1. The van der Waals surface area contributed by atoms with Crippen LogP contribution >= 0.6 is 31.0 Å². The van der Waals surface area contributed by atoms with Crippen molar-refractivity contribution in [2.24, 2.45) is 7.05 Å². The van der Waals surface area contributed by atoms with Crippen LogP contribution in [0, 0.1) is 0 Å². The first-order valence-corrected chi connectivity index (χ1v) is 15.0. The van der Waals surface area contributed by atoms with Crippen molar-refractivity contribution < 1.29 is 29.7 Å². The van der Waals surface area contributed by atoms with Crippen LogP contribution in [0.15, 0.2) is 85.2 Å². The Balaban J connectivity index is 0.000000382. The predicted octanol–water partition coefficient (Wildman–Crippen LogP) is 10.7. The minimum atomic E-state index is -10.7. The van der Waals surface area contributed by atoms with Crippen molar-refractivity contribution >= 4 is 47.7 Å². The Morgan fingerprint density at radius 1 is 0.775 bits per heavy atom. The average Bonchev–Trinajstić information content (AvgIpc) is 3.23. The molecule has 0 atom stereocenters. The molecule has 0 spiro atoms. The topological polar surface area (TPSA) is 21.2 Å². The zero-order valence-corrected chi connectivity index (χ0v) is 24.5. The monoisotopic (exact) mass is 621 g/mol. The number of rotatable bonds is 2. The van der Waals surface area contributed by atoms with Gasteiger partial charge in [0.1, 0.15) is 12.4 Å². The molecular formula is C28H28Cl2F6N3P. The summed E-state index contributed by atoms with van der Waals surface area (Å²) >= 11 is 9.53. The summed E-state index contributed by atoms with van der Waals surface area (Å²) in [6, 6.07) is 25.8. The summed E-state index contributed by atoms with van der Waals surface area (Å²) < 4.78 is 63.6. The quantitative estimate of drug-likeness (QED) is 0.0831. The summed E-state index contributed by atoms with van der Waals surface area (Å²) in [6.07, 6.45) is 4.24. The van der Waals surface area contributed by atoms with Gasteiger partial charge in [0, 0.05) is 11.0 Å². The zero-order chi connectivity index (χ0) is 30.0. The van der Waals surface area contributed by atoms with Gasteiger partial charge in [-0.1, -0.05) is 81.4 Å². The van der Waals surface area contributed by atoms with Gasteiger partial charge in [-0.25, -0.2) is 9.55 Å². The Kier molecular flexibility index (Phi) is 8.58. The fraction of sp³-hybridized carbons (Fsp3) is 0.214. The van der Waals surface area contributed by atoms with E-state index in [4.69, 9.17) is 28.2 Å². The third-order valence-corrected chi connectivity index (χ3v) is 5.74. The number of pyridine rings is 2. The first-order valence-electron chi connectivity index (χ1n) is 11.9. The number of aryl methyl sites for hydroxylation is 1. The molecule has 3 aromatic heterocycles. The van der Waals surface area contributed by atoms with Crippen molar-refractivity contribution in [1.82, 2.24) is 9.38 Å². The summed E-state index contributed by atoms with van der Waals surface area (Å²) in [7, 11) is -8.55. The molecule has 0 saturated heterocycles. The fourth-order valence-corrected chi connectivity index (χ4v) is 4.22. The van der Waals surface area contributed by atoms with Gasteiger partial charge in [0.25, 0.3) is 5.65 Å². The first-order chi connectivity index (χ1) is 18.3. The van der Waals surface area contributed by atoms with Crippen LogP contribution in [-0.4, -0.2) is 14.7 Å². The maximum atomic E-state index is 9.87. The van der Waals surface area contributed by atoms with Crippen LogP contribution in [-0.2, 0) is 12.5 Å². The standard InChI is InChI=1S/C27H26N3.CH2Cl2.F6P/c1-27(2,3)22-16-15-21-23(19-11-7-5-8-12-19)24(20-13-9-6-10-14-20)26-29(4)17-18-30(26)25(21)28-22;2-1-3;1-7(2,3,4,5)6/h5-18H,1-4H3;1H2;/q+1;;-1.